The third kappa shape index (κ3) is 2.93. The van der Waals surface area contributed by atoms with Gasteiger partial charge in [0.1, 0.15) is 13.2 Å². The van der Waals surface area contributed by atoms with Crippen molar-refractivity contribution in [3.8, 4) is 11.5 Å². The van der Waals surface area contributed by atoms with Crippen molar-refractivity contribution in [2.45, 2.75) is 17.7 Å². The second-order valence-electron chi connectivity index (χ2n) is 4.70. The van der Waals surface area contributed by atoms with E-state index in [4.69, 9.17) is 9.47 Å². The first-order valence-corrected chi connectivity index (χ1v) is 7.65. The van der Waals surface area contributed by atoms with Gasteiger partial charge < -0.3 is 14.4 Å². The zero-order chi connectivity index (χ0) is 12.2. The maximum atomic E-state index is 5.60. The van der Waals surface area contributed by atoms with Gasteiger partial charge in [0.15, 0.2) is 11.5 Å². The van der Waals surface area contributed by atoms with Crippen LogP contribution in [0.2, 0.25) is 0 Å². The molecule has 1 saturated heterocycles. The molecule has 18 heavy (non-hydrogen) atoms. The number of hydrogen-bond donors (Lipinski definition) is 0. The fourth-order valence-corrected chi connectivity index (χ4v) is 3.35. The number of rotatable bonds is 4. The molecule has 3 nitrogen and oxygen atoms in total. The largest absolute Gasteiger partial charge is 0.486 e. The van der Waals surface area contributed by atoms with Gasteiger partial charge in [0, 0.05) is 17.2 Å². The van der Waals surface area contributed by atoms with Crippen molar-refractivity contribution in [3.05, 3.63) is 18.2 Å². The number of fused-ring (bicyclic) bond motifs is 1. The minimum absolute atomic E-state index is 0.661. The molecule has 0 amide bonds. The molecule has 1 aromatic rings. The van der Waals surface area contributed by atoms with Crippen LogP contribution < -0.4 is 9.47 Å². The lowest BCUT2D eigenvalue weighted by Crippen LogP contribution is -2.21. The number of hydrogen-bond acceptors (Lipinski definition) is 4. The summed E-state index contributed by atoms with van der Waals surface area (Å²) in [4.78, 5) is 3.82. The van der Waals surface area contributed by atoms with Crippen LogP contribution in [0, 0.1) is 0 Å². The number of nitrogens with zero attached hydrogens (tertiary/aromatic N) is 1. The highest BCUT2D eigenvalue weighted by Gasteiger charge is 2.13. The first kappa shape index (κ1) is 12.2. The molecule has 0 saturated carbocycles. The van der Waals surface area contributed by atoms with Gasteiger partial charge in [-0.2, -0.15) is 0 Å². The second-order valence-corrected chi connectivity index (χ2v) is 5.87. The van der Waals surface area contributed by atoms with Gasteiger partial charge in [0.2, 0.25) is 0 Å². The van der Waals surface area contributed by atoms with Crippen LogP contribution >= 0.6 is 11.8 Å². The van der Waals surface area contributed by atoms with Gasteiger partial charge in [-0.3, -0.25) is 0 Å². The summed E-state index contributed by atoms with van der Waals surface area (Å²) in [6.45, 7) is 5.08. The maximum absolute atomic E-state index is 5.60. The Bertz CT molecular complexity index is 405. The summed E-state index contributed by atoms with van der Waals surface area (Å²) in [5.41, 5.74) is 0. The fraction of sp³-hybridized carbons (Fsp3) is 0.571. The van der Waals surface area contributed by atoms with Crippen molar-refractivity contribution in [3.63, 3.8) is 0 Å². The van der Waals surface area contributed by atoms with E-state index in [-0.39, 0.29) is 0 Å². The molecule has 1 aromatic carbocycles. The smallest absolute Gasteiger partial charge is 0.162 e. The summed E-state index contributed by atoms with van der Waals surface area (Å²) in [6.07, 6.45) is 2.74. The Morgan fingerprint density at radius 2 is 1.83 bits per heavy atom. The molecule has 3 rings (SSSR count). The van der Waals surface area contributed by atoms with E-state index < -0.39 is 0 Å². The lowest BCUT2D eigenvalue weighted by Gasteiger charge is -2.19. The minimum Gasteiger partial charge on any atom is -0.486 e. The molecule has 2 aliphatic heterocycles. The molecule has 0 bridgehead atoms. The topological polar surface area (TPSA) is 21.7 Å². The van der Waals surface area contributed by atoms with Gasteiger partial charge in [-0.25, -0.2) is 0 Å². The monoisotopic (exact) mass is 265 g/mol. The van der Waals surface area contributed by atoms with E-state index in [1.807, 2.05) is 17.8 Å². The third-order valence-electron chi connectivity index (χ3n) is 3.39. The maximum Gasteiger partial charge on any atom is 0.162 e. The van der Waals surface area contributed by atoms with Crippen molar-refractivity contribution in [1.29, 1.82) is 0 Å². The zero-order valence-electron chi connectivity index (χ0n) is 10.6. The first-order chi connectivity index (χ1) is 8.92. The third-order valence-corrected chi connectivity index (χ3v) is 4.36. The quantitative estimate of drug-likeness (QED) is 0.780. The zero-order valence-corrected chi connectivity index (χ0v) is 11.4. The fourth-order valence-electron chi connectivity index (χ4n) is 2.41. The first-order valence-electron chi connectivity index (χ1n) is 6.67. The molecule has 4 heteroatoms. The molecule has 98 valence electrons. The minimum atomic E-state index is 0.661. The molecule has 0 N–H and O–H groups in total. The van der Waals surface area contributed by atoms with E-state index in [1.54, 1.807) is 0 Å². The van der Waals surface area contributed by atoms with E-state index in [1.165, 1.54) is 37.4 Å². The van der Waals surface area contributed by atoms with Crippen molar-refractivity contribution in [2.24, 2.45) is 0 Å². The predicted octanol–water partition coefficient (Wildman–Crippen LogP) is 2.65. The van der Waals surface area contributed by atoms with Crippen molar-refractivity contribution < 1.29 is 9.47 Å². The van der Waals surface area contributed by atoms with Crippen LogP contribution in [0.4, 0.5) is 0 Å². The van der Waals surface area contributed by atoms with Gasteiger partial charge in [-0.05, 0) is 44.1 Å². The molecule has 1 fully saturated rings. The number of ether oxygens (including phenoxy) is 2. The predicted molar refractivity (Wildman–Crippen MR) is 73.8 cm³/mol. The van der Waals surface area contributed by atoms with Gasteiger partial charge in [0.25, 0.3) is 0 Å². The average Bonchev–Trinajstić information content (AvgIpc) is 2.92. The summed E-state index contributed by atoms with van der Waals surface area (Å²) < 4.78 is 11.1. The second kappa shape index (κ2) is 5.85. The Morgan fingerprint density at radius 3 is 2.67 bits per heavy atom. The molecule has 0 atom stereocenters. The van der Waals surface area contributed by atoms with E-state index >= 15 is 0 Å². The Kier molecular flexibility index (Phi) is 3.96. The highest BCUT2D eigenvalue weighted by atomic mass is 32.2. The average molecular weight is 265 g/mol. The summed E-state index contributed by atoms with van der Waals surface area (Å²) >= 11 is 1.90. The molecule has 2 heterocycles. The summed E-state index contributed by atoms with van der Waals surface area (Å²) in [5, 5.41) is 0. The van der Waals surface area contributed by atoms with Gasteiger partial charge in [0.05, 0.1) is 0 Å². The van der Waals surface area contributed by atoms with Crippen LogP contribution in [-0.4, -0.2) is 43.5 Å². The molecule has 0 aliphatic carbocycles. The molecular formula is C14H19NO2S. The lowest BCUT2D eigenvalue weighted by atomic mass is 10.3. The van der Waals surface area contributed by atoms with Crippen LogP contribution in [0.15, 0.2) is 23.1 Å². The van der Waals surface area contributed by atoms with Crippen LogP contribution in [0.3, 0.4) is 0 Å². The van der Waals surface area contributed by atoms with Crippen molar-refractivity contribution in [1.82, 2.24) is 4.90 Å². The Hall–Kier alpha value is -0.870. The van der Waals surface area contributed by atoms with Crippen LogP contribution in [-0.2, 0) is 0 Å². The molecule has 0 unspecified atom stereocenters. The highest BCUT2D eigenvalue weighted by Crippen LogP contribution is 2.34. The Morgan fingerprint density at radius 1 is 1.06 bits per heavy atom. The molecular weight excluding hydrogens is 246 g/mol. The van der Waals surface area contributed by atoms with Crippen LogP contribution in [0.5, 0.6) is 11.5 Å². The van der Waals surface area contributed by atoms with Crippen LogP contribution in [0.1, 0.15) is 12.8 Å². The van der Waals surface area contributed by atoms with Crippen molar-refractivity contribution >= 4 is 11.8 Å². The Labute approximate surface area is 112 Å². The highest BCUT2D eigenvalue weighted by molar-refractivity contribution is 7.99. The van der Waals surface area contributed by atoms with Crippen LogP contribution in [0.25, 0.3) is 0 Å². The Balaban J connectivity index is 1.52. The molecule has 2 aliphatic rings. The number of benzene rings is 1. The standard InChI is InChI=1S/C14H19NO2S/c1-2-6-15(5-1)7-10-18-12-3-4-13-14(11-12)17-9-8-16-13/h3-4,11H,1-2,5-10H2. The van der Waals surface area contributed by atoms with Gasteiger partial charge in [-0.1, -0.05) is 0 Å². The summed E-state index contributed by atoms with van der Waals surface area (Å²) in [6, 6.07) is 6.25. The molecule has 0 radical (unpaired) electrons. The molecule has 0 spiro atoms. The van der Waals surface area contributed by atoms with E-state index in [0.717, 1.165) is 17.3 Å². The lowest BCUT2D eigenvalue weighted by molar-refractivity contribution is 0.171. The van der Waals surface area contributed by atoms with E-state index in [2.05, 4.69) is 17.0 Å². The van der Waals surface area contributed by atoms with Gasteiger partial charge >= 0.3 is 0 Å². The van der Waals surface area contributed by atoms with E-state index in [9.17, 15) is 0 Å². The molecule has 0 aromatic heterocycles. The summed E-state index contributed by atoms with van der Waals surface area (Å²) in [5.74, 6) is 2.93. The number of thioether (sulfide) groups is 1. The number of likely N-dealkylation sites (tertiary alicyclic amines) is 1. The normalized spacial score (nSPS) is 19.1. The van der Waals surface area contributed by atoms with Gasteiger partial charge in [-0.15, -0.1) is 11.8 Å². The summed E-state index contributed by atoms with van der Waals surface area (Å²) in [7, 11) is 0. The van der Waals surface area contributed by atoms with E-state index in [0.29, 0.717) is 13.2 Å². The van der Waals surface area contributed by atoms with Crippen molar-refractivity contribution in [2.75, 3.05) is 38.6 Å². The SMILES string of the molecule is c1cc2c(cc1SCCN1CCCC1)OCCO2.